The normalized spacial score (nSPS) is 13.2. The predicted molar refractivity (Wildman–Crippen MR) is 239 cm³/mol. The van der Waals surface area contributed by atoms with Gasteiger partial charge in [-0.3, -0.25) is 24.0 Å². The molecule has 11 nitrogen and oxygen atoms in total. The Bertz CT molecular complexity index is 2230. The molecule has 0 saturated carbocycles. The highest BCUT2D eigenvalue weighted by molar-refractivity contribution is 5.96. The van der Waals surface area contributed by atoms with Crippen LogP contribution in [-0.4, -0.2) is 90.6 Å². The van der Waals surface area contributed by atoms with Gasteiger partial charge < -0.3 is 31.9 Å². The first-order valence-corrected chi connectivity index (χ1v) is 21.0. The standard InChI is InChI=1S/C49H60N6O5/c1-34(56)42(21-11-13-27-50)52-47(58)43(31-35-15-5-4-6-16-35)53-48(59)44(32-36-23-25-38-17-7-9-19-40(38)29-36)55(3)49(60)45(54(2)46(57)22-12-14-28-51)33-37-24-26-39-18-8-10-20-41(39)30-37/h4-10,15-20,23-26,29-30,42-45H,11-14,21-22,27-28,31-33,50-51H2,1-3H3,(H,52,58)(H,53,59). The first-order chi connectivity index (χ1) is 29.0. The highest BCUT2D eigenvalue weighted by atomic mass is 16.2. The summed E-state index contributed by atoms with van der Waals surface area (Å²) in [6.45, 7) is 2.36. The quantitative estimate of drug-likeness (QED) is 0.0671. The SMILES string of the molecule is CC(=O)C(CCCCN)NC(=O)C(Cc1ccccc1)NC(=O)C(Cc1ccc2ccccc2c1)N(C)C(=O)C(Cc1ccc2ccccc2c1)N(C)C(=O)CCCCN. The molecule has 6 N–H and O–H groups in total. The molecule has 4 unspecified atom stereocenters. The molecule has 11 heteroatoms. The van der Waals surface area contributed by atoms with Gasteiger partial charge in [0.05, 0.1) is 6.04 Å². The van der Waals surface area contributed by atoms with Gasteiger partial charge in [-0.2, -0.15) is 0 Å². The molecular formula is C49H60N6O5. The van der Waals surface area contributed by atoms with Gasteiger partial charge >= 0.3 is 0 Å². The molecule has 0 bridgehead atoms. The molecule has 4 atom stereocenters. The Labute approximate surface area is 353 Å². The molecule has 5 aromatic rings. The number of unbranched alkanes of at least 4 members (excludes halogenated alkanes) is 2. The molecule has 0 aliphatic carbocycles. The van der Waals surface area contributed by atoms with Crippen molar-refractivity contribution in [1.82, 2.24) is 20.4 Å². The molecule has 0 aromatic heterocycles. The number of carbonyl (C=O) groups is 5. The number of likely N-dealkylation sites (N-methyl/N-ethyl adjacent to an activating group) is 2. The summed E-state index contributed by atoms with van der Waals surface area (Å²) in [4.78, 5) is 73.2. The maximum Gasteiger partial charge on any atom is 0.246 e. The minimum Gasteiger partial charge on any atom is -0.345 e. The fourth-order valence-electron chi connectivity index (χ4n) is 7.60. The Balaban J connectivity index is 1.51. The zero-order valence-electron chi connectivity index (χ0n) is 35.1. The molecule has 5 rings (SSSR count). The molecule has 0 heterocycles. The van der Waals surface area contributed by atoms with Crippen molar-refractivity contribution >= 4 is 51.0 Å². The first kappa shape index (κ1) is 45.2. The summed E-state index contributed by atoms with van der Waals surface area (Å²) in [5.74, 6) is -1.85. The van der Waals surface area contributed by atoms with E-state index in [0.29, 0.717) is 45.2 Å². The number of ketones is 1. The van der Waals surface area contributed by atoms with E-state index in [1.54, 1.807) is 14.1 Å². The zero-order chi connectivity index (χ0) is 43.0. The number of nitrogens with one attached hydrogen (secondary N) is 2. The number of carbonyl (C=O) groups excluding carboxylic acids is 5. The maximum atomic E-state index is 15.0. The van der Waals surface area contributed by atoms with Crippen LogP contribution in [0.25, 0.3) is 21.5 Å². The Morgan fingerprint density at radius 3 is 1.62 bits per heavy atom. The van der Waals surface area contributed by atoms with Crippen LogP contribution in [0, 0.1) is 0 Å². The number of hydrogen-bond acceptors (Lipinski definition) is 7. The summed E-state index contributed by atoms with van der Waals surface area (Å²) in [7, 11) is 3.23. The minimum absolute atomic E-state index is 0.130. The first-order valence-electron chi connectivity index (χ1n) is 21.0. The van der Waals surface area contributed by atoms with E-state index >= 15 is 0 Å². The highest BCUT2D eigenvalue weighted by Crippen LogP contribution is 2.22. The van der Waals surface area contributed by atoms with Gasteiger partial charge in [0.1, 0.15) is 18.1 Å². The van der Waals surface area contributed by atoms with Crippen molar-refractivity contribution in [2.24, 2.45) is 11.5 Å². The van der Waals surface area contributed by atoms with E-state index in [1.165, 1.54) is 16.7 Å². The van der Waals surface area contributed by atoms with Crippen LogP contribution >= 0.6 is 0 Å². The van der Waals surface area contributed by atoms with Gasteiger partial charge in [0.15, 0.2) is 5.78 Å². The van der Waals surface area contributed by atoms with Crippen LogP contribution in [0.1, 0.15) is 62.1 Å². The van der Waals surface area contributed by atoms with E-state index in [-0.39, 0.29) is 37.4 Å². The van der Waals surface area contributed by atoms with Gasteiger partial charge in [-0.25, -0.2) is 0 Å². The lowest BCUT2D eigenvalue weighted by atomic mass is 9.97. The average Bonchev–Trinajstić information content (AvgIpc) is 3.26. The molecule has 60 heavy (non-hydrogen) atoms. The third-order valence-electron chi connectivity index (χ3n) is 11.3. The largest absolute Gasteiger partial charge is 0.345 e. The van der Waals surface area contributed by atoms with E-state index in [2.05, 4.69) is 10.6 Å². The smallest absolute Gasteiger partial charge is 0.246 e. The summed E-state index contributed by atoms with van der Waals surface area (Å²) in [5.41, 5.74) is 13.9. The molecule has 0 radical (unpaired) electrons. The van der Waals surface area contributed by atoms with E-state index < -0.39 is 41.9 Å². The van der Waals surface area contributed by atoms with Crippen molar-refractivity contribution < 1.29 is 24.0 Å². The van der Waals surface area contributed by atoms with Crippen LogP contribution in [0.2, 0.25) is 0 Å². The number of nitrogens with two attached hydrogens (primary N) is 2. The van der Waals surface area contributed by atoms with Crippen LogP contribution in [-0.2, 0) is 43.2 Å². The summed E-state index contributed by atoms with van der Waals surface area (Å²) < 4.78 is 0. The van der Waals surface area contributed by atoms with Crippen LogP contribution in [0.5, 0.6) is 0 Å². The monoisotopic (exact) mass is 812 g/mol. The fraction of sp³-hybridized carbons (Fsp3) is 0.367. The Morgan fingerprint density at radius 1 is 0.533 bits per heavy atom. The number of rotatable bonds is 22. The Kier molecular flexibility index (Phi) is 16.9. The van der Waals surface area contributed by atoms with Gasteiger partial charge in [-0.15, -0.1) is 0 Å². The van der Waals surface area contributed by atoms with Crippen molar-refractivity contribution in [3.05, 3.63) is 132 Å². The molecule has 5 aromatic carbocycles. The van der Waals surface area contributed by atoms with Gasteiger partial charge in [0.2, 0.25) is 23.6 Å². The molecule has 0 saturated heterocycles. The van der Waals surface area contributed by atoms with E-state index in [0.717, 1.165) is 38.2 Å². The molecule has 0 aliphatic heterocycles. The second-order valence-corrected chi connectivity index (χ2v) is 15.7. The van der Waals surface area contributed by atoms with Crippen LogP contribution in [0.3, 0.4) is 0 Å². The van der Waals surface area contributed by atoms with Crippen molar-refractivity contribution in [3.8, 4) is 0 Å². The third kappa shape index (κ3) is 12.5. The lowest BCUT2D eigenvalue weighted by molar-refractivity contribution is -0.148. The molecule has 0 spiro atoms. The minimum atomic E-state index is -1.09. The molecule has 0 aliphatic rings. The molecule has 0 fully saturated rings. The van der Waals surface area contributed by atoms with Crippen molar-refractivity contribution in [1.29, 1.82) is 0 Å². The average molecular weight is 813 g/mol. The van der Waals surface area contributed by atoms with Crippen LogP contribution in [0.15, 0.2) is 115 Å². The van der Waals surface area contributed by atoms with Gasteiger partial charge in [-0.1, -0.05) is 115 Å². The Hall–Kier alpha value is -5.91. The number of fused-ring (bicyclic) bond motifs is 2. The van der Waals surface area contributed by atoms with Crippen molar-refractivity contribution in [2.75, 3.05) is 27.2 Å². The second-order valence-electron chi connectivity index (χ2n) is 15.7. The highest BCUT2D eigenvalue weighted by Gasteiger charge is 2.37. The van der Waals surface area contributed by atoms with Crippen LogP contribution in [0.4, 0.5) is 0 Å². The number of Topliss-reactive ketones (excluding diaryl/α,β-unsaturated/α-hetero) is 1. The lowest BCUT2D eigenvalue weighted by Crippen LogP contribution is -2.59. The van der Waals surface area contributed by atoms with E-state index in [4.69, 9.17) is 11.5 Å². The molecule has 316 valence electrons. The van der Waals surface area contributed by atoms with Crippen molar-refractivity contribution in [2.45, 2.75) is 88.9 Å². The Morgan fingerprint density at radius 2 is 1.05 bits per heavy atom. The predicted octanol–water partition coefficient (Wildman–Crippen LogP) is 5.49. The number of amides is 4. The van der Waals surface area contributed by atoms with Crippen LogP contribution < -0.4 is 22.1 Å². The maximum absolute atomic E-state index is 15.0. The molecular weight excluding hydrogens is 753 g/mol. The second kappa shape index (κ2) is 22.5. The molecule has 4 amide bonds. The van der Waals surface area contributed by atoms with Gasteiger partial charge in [0.25, 0.3) is 0 Å². The third-order valence-corrected chi connectivity index (χ3v) is 11.3. The summed E-state index contributed by atoms with van der Waals surface area (Å²) in [6, 6.07) is 33.3. The number of hydrogen-bond donors (Lipinski definition) is 4. The van der Waals surface area contributed by atoms with E-state index in [1.807, 2.05) is 115 Å². The topological polar surface area (TPSA) is 168 Å². The van der Waals surface area contributed by atoms with Crippen molar-refractivity contribution in [3.63, 3.8) is 0 Å². The number of benzene rings is 5. The zero-order valence-corrected chi connectivity index (χ0v) is 35.1. The summed E-state index contributed by atoms with van der Waals surface area (Å²) in [6.07, 6.45) is 3.76. The van der Waals surface area contributed by atoms with Gasteiger partial charge in [0, 0.05) is 39.8 Å². The lowest BCUT2D eigenvalue weighted by Gasteiger charge is -2.35. The number of nitrogens with zero attached hydrogens (tertiary/aromatic N) is 2. The fourth-order valence-corrected chi connectivity index (χ4v) is 7.60. The van der Waals surface area contributed by atoms with E-state index in [9.17, 15) is 24.0 Å². The summed E-state index contributed by atoms with van der Waals surface area (Å²) in [5, 5.41) is 9.96. The summed E-state index contributed by atoms with van der Waals surface area (Å²) >= 11 is 0. The van der Waals surface area contributed by atoms with Gasteiger partial charge in [-0.05, 0) is 90.4 Å².